The first-order valence-corrected chi connectivity index (χ1v) is 8.30. The SMILES string of the molecule is COCCC1(CN[C@@H]2CCS(=O)(=O)C2)CCC1. The molecule has 1 atom stereocenters. The van der Waals surface area contributed by atoms with Crippen molar-refractivity contribution in [2.45, 2.75) is 38.1 Å². The Morgan fingerprint density at radius 2 is 2.18 bits per heavy atom. The number of hydrogen-bond donors (Lipinski definition) is 1. The number of nitrogens with one attached hydrogen (secondary N) is 1. The van der Waals surface area contributed by atoms with E-state index >= 15 is 0 Å². The van der Waals surface area contributed by atoms with Gasteiger partial charge in [0.2, 0.25) is 0 Å². The van der Waals surface area contributed by atoms with E-state index in [1.165, 1.54) is 19.3 Å². The second kappa shape index (κ2) is 5.24. The third kappa shape index (κ3) is 3.42. The third-order valence-corrected chi connectivity index (χ3v) is 6.02. The number of rotatable bonds is 6. The second-order valence-corrected chi connectivity index (χ2v) is 7.81. The van der Waals surface area contributed by atoms with Crippen LogP contribution in [0.4, 0.5) is 0 Å². The number of sulfone groups is 1. The molecule has 2 aliphatic rings. The summed E-state index contributed by atoms with van der Waals surface area (Å²) in [4.78, 5) is 0. The highest BCUT2D eigenvalue weighted by atomic mass is 32.2. The summed E-state index contributed by atoms with van der Waals surface area (Å²) >= 11 is 0. The molecule has 5 heteroatoms. The van der Waals surface area contributed by atoms with Crippen LogP contribution in [0.1, 0.15) is 32.1 Å². The van der Waals surface area contributed by atoms with Gasteiger partial charge in [-0.1, -0.05) is 6.42 Å². The predicted molar refractivity (Wildman–Crippen MR) is 67.8 cm³/mol. The summed E-state index contributed by atoms with van der Waals surface area (Å²) in [7, 11) is -1.02. The van der Waals surface area contributed by atoms with E-state index in [2.05, 4.69) is 5.32 Å². The van der Waals surface area contributed by atoms with Crippen LogP contribution in [0.15, 0.2) is 0 Å². The summed E-state index contributed by atoms with van der Waals surface area (Å²) < 4.78 is 27.9. The van der Waals surface area contributed by atoms with Crippen molar-refractivity contribution in [1.29, 1.82) is 0 Å². The van der Waals surface area contributed by atoms with Crippen LogP contribution < -0.4 is 5.32 Å². The summed E-state index contributed by atoms with van der Waals surface area (Å²) in [5.41, 5.74) is 0.377. The molecule has 1 N–H and O–H groups in total. The molecule has 1 aliphatic heterocycles. The number of ether oxygens (including phenoxy) is 1. The van der Waals surface area contributed by atoms with Crippen LogP contribution in [0, 0.1) is 5.41 Å². The Morgan fingerprint density at radius 3 is 2.65 bits per heavy atom. The zero-order valence-corrected chi connectivity index (χ0v) is 11.4. The molecule has 1 heterocycles. The van der Waals surface area contributed by atoms with Gasteiger partial charge in [-0.2, -0.15) is 0 Å². The molecule has 17 heavy (non-hydrogen) atoms. The van der Waals surface area contributed by atoms with Crippen molar-refractivity contribution >= 4 is 9.84 Å². The highest BCUT2D eigenvalue weighted by Crippen LogP contribution is 2.43. The normalized spacial score (nSPS) is 30.1. The molecule has 0 aromatic rings. The molecule has 1 aliphatic carbocycles. The molecule has 100 valence electrons. The molecular formula is C12H23NO3S. The molecular weight excluding hydrogens is 238 g/mol. The molecule has 0 aromatic carbocycles. The molecule has 0 amide bonds. The Kier molecular flexibility index (Phi) is 4.10. The molecule has 0 bridgehead atoms. The topological polar surface area (TPSA) is 55.4 Å². The van der Waals surface area contributed by atoms with Crippen molar-refractivity contribution in [3.63, 3.8) is 0 Å². The van der Waals surface area contributed by atoms with Crippen molar-refractivity contribution in [3.8, 4) is 0 Å². The van der Waals surface area contributed by atoms with E-state index in [0.717, 1.165) is 26.0 Å². The molecule has 2 fully saturated rings. The van der Waals surface area contributed by atoms with E-state index in [-0.39, 0.29) is 6.04 Å². The summed E-state index contributed by atoms with van der Waals surface area (Å²) in [6, 6.07) is 0.181. The van der Waals surface area contributed by atoms with E-state index in [1.54, 1.807) is 7.11 Å². The van der Waals surface area contributed by atoms with Crippen LogP contribution >= 0.6 is 0 Å². The van der Waals surface area contributed by atoms with Gasteiger partial charge < -0.3 is 10.1 Å². The van der Waals surface area contributed by atoms with E-state index in [0.29, 0.717) is 16.9 Å². The van der Waals surface area contributed by atoms with Crippen LogP contribution in [-0.2, 0) is 14.6 Å². The first-order chi connectivity index (χ1) is 8.05. The van der Waals surface area contributed by atoms with Crippen LogP contribution in [0.5, 0.6) is 0 Å². The summed E-state index contributed by atoms with van der Waals surface area (Å²) in [5.74, 6) is 0.684. The maximum Gasteiger partial charge on any atom is 0.151 e. The zero-order chi connectivity index (χ0) is 12.4. The molecule has 4 nitrogen and oxygen atoms in total. The first kappa shape index (κ1) is 13.3. The average molecular weight is 261 g/mol. The molecule has 1 saturated carbocycles. The molecule has 2 rings (SSSR count). The average Bonchev–Trinajstić information content (AvgIpc) is 2.56. The summed E-state index contributed by atoms with van der Waals surface area (Å²) in [6.07, 6.45) is 5.68. The molecule has 0 radical (unpaired) electrons. The third-order valence-electron chi connectivity index (χ3n) is 4.25. The van der Waals surface area contributed by atoms with E-state index in [1.807, 2.05) is 0 Å². The zero-order valence-electron chi connectivity index (χ0n) is 10.6. The minimum Gasteiger partial charge on any atom is -0.385 e. The van der Waals surface area contributed by atoms with Crippen molar-refractivity contribution in [2.75, 3.05) is 31.8 Å². The standard InChI is InChI=1S/C12H23NO3S/c1-16-7-6-12(4-2-5-12)10-13-11-3-8-17(14,15)9-11/h11,13H,2-10H2,1H3/t11-/m1/s1. The van der Waals surface area contributed by atoms with Crippen LogP contribution in [-0.4, -0.2) is 46.2 Å². The molecule has 0 aromatic heterocycles. The van der Waals surface area contributed by atoms with Crippen LogP contribution in [0.25, 0.3) is 0 Å². The number of methoxy groups -OCH3 is 1. The van der Waals surface area contributed by atoms with Crippen molar-refractivity contribution in [3.05, 3.63) is 0 Å². The Labute approximate surface area is 104 Å². The van der Waals surface area contributed by atoms with E-state index < -0.39 is 9.84 Å². The predicted octanol–water partition coefficient (Wildman–Crippen LogP) is 0.970. The van der Waals surface area contributed by atoms with Crippen LogP contribution in [0.2, 0.25) is 0 Å². The smallest absolute Gasteiger partial charge is 0.151 e. The Hall–Kier alpha value is -0.130. The lowest BCUT2D eigenvalue weighted by molar-refractivity contribution is 0.0671. The van der Waals surface area contributed by atoms with Gasteiger partial charge in [0.05, 0.1) is 11.5 Å². The lowest BCUT2D eigenvalue weighted by Gasteiger charge is -2.42. The number of hydrogen-bond acceptors (Lipinski definition) is 4. The minimum atomic E-state index is -2.76. The second-order valence-electron chi connectivity index (χ2n) is 5.58. The highest BCUT2D eigenvalue weighted by molar-refractivity contribution is 7.91. The lowest BCUT2D eigenvalue weighted by atomic mass is 9.66. The van der Waals surface area contributed by atoms with Crippen molar-refractivity contribution in [2.24, 2.45) is 5.41 Å². The van der Waals surface area contributed by atoms with Gasteiger partial charge >= 0.3 is 0 Å². The van der Waals surface area contributed by atoms with E-state index in [9.17, 15) is 8.42 Å². The molecule has 0 spiro atoms. The Bertz CT molecular complexity index is 349. The van der Waals surface area contributed by atoms with Gasteiger partial charge in [-0.3, -0.25) is 0 Å². The van der Waals surface area contributed by atoms with Gasteiger partial charge in [0, 0.05) is 26.3 Å². The summed E-state index contributed by atoms with van der Waals surface area (Å²) in [5, 5.41) is 3.45. The first-order valence-electron chi connectivity index (χ1n) is 6.48. The van der Waals surface area contributed by atoms with Gasteiger partial charge in [-0.05, 0) is 31.1 Å². The quantitative estimate of drug-likeness (QED) is 0.774. The Balaban J connectivity index is 1.77. The fourth-order valence-corrected chi connectivity index (χ4v) is 4.54. The lowest BCUT2D eigenvalue weighted by Crippen LogP contribution is -2.44. The summed E-state index contributed by atoms with van der Waals surface area (Å²) in [6.45, 7) is 1.77. The Morgan fingerprint density at radius 1 is 1.41 bits per heavy atom. The molecule has 0 unspecified atom stereocenters. The van der Waals surface area contributed by atoms with Gasteiger partial charge in [-0.25, -0.2) is 8.42 Å². The maximum atomic E-state index is 11.4. The van der Waals surface area contributed by atoms with Gasteiger partial charge in [-0.15, -0.1) is 0 Å². The largest absolute Gasteiger partial charge is 0.385 e. The fourth-order valence-electron chi connectivity index (χ4n) is 2.83. The van der Waals surface area contributed by atoms with Gasteiger partial charge in [0.15, 0.2) is 9.84 Å². The monoisotopic (exact) mass is 261 g/mol. The fraction of sp³-hybridized carbons (Fsp3) is 1.00. The highest BCUT2D eigenvalue weighted by Gasteiger charge is 2.37. The maximum absolute atomic E-state index is 11.4. The van der Waals surface area contributed by atoms with Gasteiger partial charge in [0.1, 0.15) is 0 Å². The van der Waals surface area contributed by atoms with Crippen molar-refractivity contribution in [1.82, 2.24) is 5.32 Å². The van der Waals surface area contributed by atoms with Crippen molar-refractivity contribution < 1.29 is 13.2 Å². The molecule has 1 saturated heterocycles. The van der Waals surface area contributed by atoms with Crippen LogP contribution in [0.3, 0.4) is 0 Å². The van der Waals surface area contributed by atoms with E-state index in [4.69, 9.17) is 4.74 Å². The van der Waals surface area contributed by atoms with Gasteiger partial charge in [0.25, 0.3) is 0 Å². The minimum absolute atomic E-state index is 0.181.